The second kappa shape index (κ2) is 10.0. The van der Waals surface area contributed by atoms with E-state index in [1.807, 2.05) is 43.5 Å². The molecule has 5 nitrogen and oxygen atoms in total. The number of thioether (sulfide) groups is 1. The Morgan fingerprint density at radius 1 is 1.12 bits per heavy atom. The molecule has 2 aromatic heterocycles. The number of nitrogens with zero attached hydrogens (tertiary/aromatic N) is 3. The summed E-state index contributed by atoms with van der Waals surface area (Å²) in [6.07, 6.45) is 4.56. The number of fused-ring (bicyclic) bond motifs is 1. The molecule has 0 unspecified atom stereocenters. The van der Waals surface area contributed by atoms with Gasteiger partial charge >= 0.3 is 0 Å². The molecule has 0 bridgehead atoms. The Morgan fingerprint density at radius 3 is 2.66 bits per heavy atom. The number of carbonyl (C=O) groups excluding carboxylic acids is 1. The van der Waals surface area contributed by atoms with Crippen LogP contribution in [0.3, 0.4) is 0 Å². The van der Waals surface area contributed by atoms with Crippen molar-refractivity contribution < 1.29 is 4.79 Å². The van der Waals surface area contributed by atoms with Gasteiger partial charge in [0.15, 0.2) is 5.16 Å². The second-order valence-corrected chi connectivity index (χ2v) is 8.98. The Kier molecular flexibility index (Phi) is 6.90. The van der Waals surface area contributed by atoms with E-state index in [2.05, 4.69) is 53.0 Å². The minimum atomic E-state index is -0.0299. The molecule has 0 radical (unpaired) electrons. The summed E-state index contributed by atoms with van der Waals surface area (Å²) >= 11 is 1.74. The Morgan fingerprint density at radius 2 is 1.91 bits per heavy atom. The van der Waals surface area contributed by atoms with E-state index >= 15 is 0 Å². The third-order valence-corrected chi connectivity index (χ3v) is 6.71. The van der Waals surface area contributed by atoms with Gasteiger partial charge < -0.3 is 9.88 Å². The molecule has 1 atom stereocenters. The summed E-state index contributed by atoms with van der Waals surface area (Å²) in [5.41, 5.74) is 6.35. The van der Waals surface area contributed by atoms with Gasteiger partial charge in [0.05, 0.1) is 23.8 Å². The fraction of sp³-hybridized carbons (Fsp3) is 0.269. The first-order chi connectivity index (χ1) is 15.5. The molecule has 1 N–H and O–H groups in total. The van der Waals surface area contributed by atoms with Crippen LogP contribution in [0.1, 0.15) is 47.3 Å². The number of hydrogen-bond donors (Lipinski definition) is 1. The van der Waals surface area contributed by atoms with Crippen LogP contribution >= 0.6 is 11.8 Å². The van der Waals surface area contributed by atoms with Crippen LogP contribution in [0.2, 0.25) is 0 Å². The third-order valence-electron chi connectivity index (χ3n) is 5.68. The van der Waals surface area contributed by atoms with E-state index in [0.717, 1.165) is 33.9 Å². The van der Waals surface area contributed by atoms with Crippen LogP contribution in [0.25, 0.3) is 11.0 Å². The fourth-order valence-electron chi connectivity index (χ4n) is 3.48. The Hall–Kier alpha value is -3.12. The average Bonchev–Trinajstić information content (AvgIpc) is 3.16. The van der Waals surface area contributed by atoms with Crippen molar-refractivity contribution in [1.82, 2.24) is 19.9 Å². The molecule has 0 saturated carbocycles. The number of carbonyl (C=O) groups is 1. The van der Waals surface area contributed by atoms with Crippen LogP contribution in [0.4, 0.5) is 0 Å². The lowest BCUT2D eigenvalue weighted by molar-refractivity contribution is 0.0939. The summed E-state index contributed by atoms with van der Waals surface area (Å²) in [6, 6.07) is 18.4. The molecule has 0 saturated heterocycles. The number of amides is 1. The molecule has 4 aromatic rings. The number of aromatic nitrogens is 3. The summed E-state index contributed by atoms with van der Waals surface area (Å²) in [5, 5.41) is 3.98. The van der Waals surface area contributed by atoms with Gasteiger partial charge in [-0.15, -0.1) is 0 Å². The minimum absolute atomic E-state index is 0.0299. The summed E-state index contributed by atoms with van der Waals surface area (Å²) in [6.45, 7) is 6.89. The molecular formula is C26H28N4OS. The number of aryl methyl sites for hydroxylation is 1. The predicted molar refractivity (Wildman–Crippen MR) is 131 cm³/mol. The van der Waals surface area contributed by atoms with Crippen molar-refractivity contribution in [2.24, 2.45) is 0 Å². The predicted octanol–water partition coefficient (Wildman–Crippen LogP) is 5.61. The van der Waals surface area contributed by atoms with E-state index in [0.29, 0.717) is 12.1 Å². The maximum atomic E-state index is 12.4. The number of benzene rings is 2. The maximum Gasteiger partial charge on any atom is 0.251 e. The van der Waals surface area contributed by atoms with Crippen LogP contribution in [0, 0.1) is 6.92 Å². The first-order valence-corrected chi connectivity index (χ1v) is 11.9. The van der Waals surface area contributed by atoms with Crippen molar-refractivity contribution in [3.05, 3.63) is 89.2 Å². The van der Waals surface area contributed by atoms with Crippen molar-refractivity contribution in [2.45, 2.75) is 50.7 Å². The van der Waals surface area contributed by atoms with Gasteiger partial charge in [-0.05, 0) is 55.2 Å². The zero-order chi connectivity index (χ0) is 22.5. The van der Waals surface area contributed by atoms with Gasteiger partial charge in [-0.3, -0.25) is 9.78 Å². The number of pyridine rings is 1. The largest absolute Gasteiger partial charge is 0.350 e. The Bertz CT molecular complexity index is 1220. The molecule has 0 aliphatic heterocycles. The van der Waals surface area contributed by atoms with Crippen LogP contribution in [-0.4, -0.2) is 26.5 Å². The molecule has 2 heterocycles. The van der Waals surface area contributed by atoms with E-state index in [9.17, 15) is 4.79 Å². The van der Waals surface area contributed by atoms with E-state index in [1.165, 1.54) is 11.1 Å². The van der Waals surface area contributed by atoms with Crippen molar-refractivity contribution >= 4 is 28.7 Å². The van der Waals surface area contributed by atoms with Gasteiger partial charge in [-0.25, -0.2) is 4.98 Å². The van der Waals surface area contributed by atoms with Crippen LogP contribution < -0.4 is 5.32 Å². The van der Waals surface area contributed by atoms with Crippen molar-refractivity contribution in [2.75, 3.05) is 0 Å². The molecule has 1 amide bonds. The molecule has 0 fully saturated rings. The zero-order valence-corrected chi connectivity index (χ0v) is 19.5. The van der Waals surface area contributed by atoms with E-state index in [1.54, 1.807) is 18.0 Å². The molecule has 6 heteroatoms. The van der Waals surface area contributed by atoms with E-state index < -0.39 is 0 Å². The third kappa shape index (κ3) is 5.02. The van der Waals surface area contributed by atoms with Crippen LogP contribution in [0.5, 0.6) is 0 Å². The van der Waals surface area contributed by atoms with Crippen LogP contribution in [0.15, 0.2) is 72.1 Å². The van der Waals surface area contributed by atoms with Gasteiger partial charge in [0.2, 0.25) is 0 Å². The smallest absolute Gasteiger partial charge is 0.251 e. The topological polar surface area (TPSA) is 59.8 Å². The normalized spacial score (nSPS) is 12.1. The van der Waals surface area contributed by atoms with Gasteiger partial charge in [0.1, 0.15) is 0 Å². The van der Waals surface area contributed by atoms with Crippen LogP contribution in [-0.2, 0) is 12.3 Å². The number of nitrogens with one attached hydrogen (secondary N) is 1. The lowest BCUT2D eigenvalue weighted by atomic mass is 10.1. The summed E-state index contributed by atoms with van der Waals surface area (Å²) in [7, 11) is 0. The quantitative estimate of drug-likeness (QED) is 0.359. The van der Waals surface area contributed by atoms with Crippen molar-refractivity contribution in [3.63, 3.8) is 0 Å². The Balaban J connectivity index is 1.56. The number of imidazole rings is 1. The SMILES string of the molecule is CC[C@@H](C)NC(=O)c1ccc(Cn2c(SCc3ccccc3C)nc3ccncc32)cc1. The first kappa shape index (κ1) is 22.1. The summed E-state index contributed by atoms with van der Waals surface area (Å²) in [5.74, 6) is 0.829. The van der Waals surface area contributed by atoms with Gasteiger partial charge in [-0.2, -0.15) is 0 Å². The number of rotatable bonds is 8. The summed E-state index contributed by atoms with van der Waals surface area (Å²) < 4.78 is 2.21. The molecule has 0 aliphatic carbocycles. The highest BCUT2D eigenvalue weighted by Crippen LogP contribution is 2.28. The highest BCUT2D eigenvalue weighted by molar-refractivity contribution is 7.98. The summed E-state index contributed by atoms with van der Waals surface area (Å²) in [4.78, 5) is 21.6. The molecule has 164 valence electrons. The first-order valence-electron chi connectivity index (χ1n) is 10.9. The zero-order valence-electron chi connectivity index (χ0n) is 18.7. The molecule has 0 aliphatic rings. The molecule has 2 aromatic carbocycles. The number of hydrogen-bond acceptors (Lipinski definition) is 4. The highest BCUT2D eigenvalue weighted by Gasteiger charge is 2.14. The maximum absolute atomic E-state index is 12.4. The van der Waals surface area contributed by atoms with Crippen molar-refractivity contribution in [3.8, 4) is 0 Å². The molecule has 0 spiro atoms. The molecule has 4 rings (SSSR count). The van der Waals surface area contributed by atoms with E-state index in [4.69, 9.17) is 4.98 Å². The van der Waals surface area contributed by atoms with Gasteiger partial charge in [0.25, 0.3) is 5.91 Å². The average molecular weight is 445 g/mol. The monoisotopic (exact) mass is 444 g/mol. The fourth-order valence-corrected chi connectivity index (χ4v) is 4.57. The lowest BCUT2D eigenvalue weighted by Crippen LogP contribution is -2.31. The van der Waals surface area contributed by atoms with Gasteiger partial charge in [-0.1, -0.05) is 55.1 Å². The molecule has 32 heavy (non-hydrogen) atoms. The van der Waals surface area contributed by atoms with E-state index in [-0.39, 0.29) is 11.9 Å². The second-order valence-electron chi connectivity index (χ2n) is 8.04. The standard InChI is InChI=1S/C26H28N4OS/c1-4-19(3)28-25(31)21-11-9-20(10-12-21)16-30-24-15-27-14-13-23(24)29-26(30)32-17-22-8-6-5-7-18(22)2/h5-15,19H,4,16-17H2,1-3H3,(H,28,31)/t19-/m1/s1. The molecular weight excluding hydrogens is 416 g/mol. The highest BCUT2D eigenvalue weighted by atomic mass is 32.2. The van der Waals surface area contributed by atoms with Crippen molar-refractivity contribution in [1.29, 1.82) is 0 Å². The Labute approximate surface area is 193 Å². The minimum Gasteiger partial charge on any atom is -0.350 e. The lowest BCUT2D eigenvalue weighted by Gasteiger charge is -2.12. The van der Waals surface area contributed by atoms with Gasteiger partial charge in [0, 0.05) is 23.6 Å².